The Bertz CT molecular complexity index is 636. The summed E-state index contributed by atoms with van der Waals surface area (Å²) in [5, 5.41) is 9.42. The van der Waals surface area contributed by atoms with Gasteiger partial charge in [0.1, 0.15) is 0 Å². The fraction of sp³-hybridized carbons (Fsp3) is 0.125. The second-order valence-electron chi connectivity index (χ2n) is 4.42. The van der Waals surface area contributed by atoms with Gasteiger partial charge in [-0.05, 0) is 42.0 Å². The lowest BCUT2D eigenvalue weighted by Crippen LogP contribution is -2.02. The van der Waals surface area contributed by atoms with E-state index >= 15 is 0 Å². The number of halogens is 1. The molecule has 108 valence electrons. The summed E-state index contributed by atoms with van der Waals surface area (Å²) in [5.74, 6) is 0.160. The molecule has 0 unspecified atom stereocenters. The molecule has 0 aliphatic heterocycles. The van der Waals surface area contributed by atoms with Gasteiger partial charge in [0.2, 0.25) is 0 Å². The van der Waals surface area contributed by atoms with Gasteiger partial charge in [-0.2, -0.15) is 0 Å². The Morgan fingerprint density at radius 3 is 2.10 bits per heavy atom. The SMILES string of the molecule is O=C(O)c1ccc(CSCC(=O)c2ccc(Cl)cc2)cc1. The lowest BCUT2D eigenvalue weighted by atomic mass is 10.1. The molecule has 0 aliphatic rings. The first kappa shape index (κ1) is 15.6. The fourth-order valence-corrected chi connectivity index (χ4v) is 2.73. The first-order chi connectivity index (χ1) is 10.1. The average Bonchev–Trinajstić information content (AvgIpc) is 2.48. The quantitative estimate of drug-likeness (QED) is 0.812. The Morgan fingerprint density at radius 2 is 1.52 bits per heavy atom. The van der Waals surface area contributed by atoms with Crippen molar-refractivity contribution in [1.82, 2.24) is 0 Å². The van der Waals surface area contributed by atoms with Crippen LogP contribution in [0.25, 0.3) is 0 Å². The molecule has 0 saturated carbocycles. The maximum atomic E-state index is 11.9. The summed E-state index contributed by atoms with van der Waals surface area (Å²) >= 11 is 7.28. The summed E-state index contributed by atoms with van der Waals surface area (Å²) in [5.41, 5.74) is 1.91. The molecule has 0 atom stereocenters. The van der Waals surface area contributed by atoms with Crippen molar-refractivity contribution < 1.29 is 14.7 Å². The topological polar surface area (TPSA) is 54.4 Å². The molecule has 21 heavy (non-hydrogen) atoms. The van der Waals surface area contributed by atoms with Gasteiger partial charge in [0.15, 0.2) is 5.78 Å². The summed E-state index contributed by atoms with van der Waals surface area (Å²) in [6.07, 6.45) is 0. The summed E-state index contributed by atoms with van der Waals surface area (Å²) in [7, 11) is 0. The summed E-state index contributed by atoms with van der Waals surface area (Å²) in [4.78, 5) is 22.7. The van der Waals surface area contributed by atoms with Gasteiger partial charge in [-0.25, -0.2) is 4.79 Å². The van der Waals surface area contributed by atoms with Crippen LogP contribution in [0.3, 0.4) is 0 Å². The van der Waals surface area contributed by atoms with Gasteiger partial charge >= 0.3 is 5.97 Å². The van der Waals surface area contributed by atoms with Gasteiger partial charge in [-0.15, -0.1) is 11.8 Å². The predicted molar refractivity (Wildman–Crippen MR) is 85.3 cm³/mol. The van der Waals surface area contributed by atoms with Gasteiger partial charge in [0.25, 0.3) is 0 Å². The van der Waals surface area contributed by atoms with Crippen LogP contribution in [-0.4, -0.2) is 22.6 Å². The third kappa shape index (κ3) is 4.62. The maximum Gasteiger partial charge on any atom is 0.335 e. The summed E-state index contributed by atoms with van der Waals surface area (Å²) in [6, 6.07) is 13.5. The highest BCUT2D eigenvalue weighted by Crippen LogP contribution is 2.16. The average molecular weight is 321 g/mol. The second kappa shape index (κ2) is 7.29. The molecule has 1 N–H and O–H groups in total. The number of benzene rings is 2. The van der Waals surface area contributed by atoms with Crippen molar-refractivity contribution in [2.75, 3.05) is 5.75 Å². The van der Waals surface area contributed by atoms with E-state index in [0.717, 1.165) is 5.56 Å². The number of thioether (sulfide) groups is 1. The Morgan fingerprint density at radius 1 is 0.952 bits per heavy atom. The number of hydrogen-bond donors (Lipinski definition) is 1. The van der Waals surface area contributed by atoms with Crippen LogP contribution < -0.4 is 0 Å². The van der Waals surface area contributed by atoms with E-state index in [1.165, 1.54) is 11.8 Å². The normalized spacial score (nSPS) is 10.3. The molecule has 2 aromatic carbocycles. The van der Waals surface area contributed by atoms with E-state index in [0.29, 0.717) is 22.1 Å². The zero-order valence-corrected chi connectivity index (χ0v) is 12.7. The minimum atomic E-state index is -0.938. The number of hydrogen-bond acceptors (Lipinski definition) is 3. The Labute approximate surface area is 131 Å². The number of rotatable bonds is 6. The number of carbonyl (C=O) groups excluding carboxylic acids is 1. The highest BCUT2D eigenvalue weighted by atomic mass is 35.5. The molecule has 0 fully saturated rings. The van der Waals surface area contributed by atoms with Crippen LogP contribution >= 0.6 is 23.4 Å². The molecular weight excluding hydrogens is 308 g/mol. The molecular formula is C16H13ClO3S. The van der Waals surface area contributed by atoms with Crippen molar-refractivity contribution in [3.05, 3.63) is 70.2 Å². The number of aromatic carboxylic acids is 1. The van der Waals surface area contributed by atoms with Crippen molar-refractivity contribution in [3.8, 4) is 0 Å². The summed E-state index contributed by atoms with van der Waals surface area (Å²) in [6.45, 7) is 0. The van der Waals surface area contributed by atoms with Crippen molar-refractivity contribution in [3.63, 3.8) is 0 Å². The fourth-order valence-electron chi connectivity index (χ4n) is 1.72. The number of carbonyl (C=O) groups is 2. The standard InChI is InChI=1S/C16H13ClO3S/c17-14-7-5-12(6-8-14)15(18)10-21-9-11-1-3-13(4-2-11)16(19)20/h1-8H,9-10H2,(H,19,20). The van der Waals surface area contributed by atoms with Crippen molar-refractivity contribution >= 4 is 35.1 Å². The molecule has 3 nitrogen and oxygen atoms in total. The van der Waals surface area contributed by atoms with E-state index in [1.54, 1.807) is 48.5 Å². The number of carboxylic acids is 1. The van der Waals surface area contributed by atoms with E-state index in [1.807, 2.05) is 0 Å². The minimum absolute atomic E-state index is 0.0545. The molecule has 0 amide bonds. The highest BCUT2D eigenvalue weighted by molar-refractivity contribution is 7.99. The van der Waals surface area contributed by atoms with E-state index in [4.69, 9.17) is 16.7 Å². The summed E-state index contributed by atoms with van der Waals surface area (Å²) < 4.78 is 0. The molecule has 0 aliphatic carbocycles. The molecule has 2 rings (SSSR count). The van der Waals surface area contributed by atoms with Crippen molar-refractivity contribution in [2.24, 2.45) is 0 Å². The van der Waals surface area contributed by atoms with Crippen LogP contribution in [0.4, 0.5) is 0 Å². The molecule has 2 aromatic rings. The van der Waals surface area contributed by atoms with Crippen LogP contribution in [0.15, 0.2) is 48.5 Å². The van der Waals surface area contributed by atoms with Gasteiger partial charge in [0, 0.05) is 16.3 Å². The van der Waals surface area contributed by atoms with Crippen LogP contribution in [0.5, 0.6) is 0 Å². The van der Waals surface area contributed by atoms with E-state index in [2.05, 4.69) is 0 Å². The lowest BCUT2D eigenvalue weighted by molar-refractivity contribution is 0.0696. The van der Waals surface area contributed by atoms with E-state index in [9.17, 15) is 9.59 Å². The molecule has 0 aromatic heterocycles. The van der Waals surface area contributed by atoms with Gasteiger partial charge < -0.3 is 5.11 Å². The molecule has 0 spiro atoms. The van der Waals surface area contributed by atoms with E-state index < -0.39 is 5.97 Å². The largest absolute Gasteiger partial charge is 0.478 e. The predicted octanol–water partition coefficient (Wildman–Crippen LogP) is 4.15. The number of ketones is 1. The monoisotopic (exact) mass is 320 g/mol. The first-order valence-corrected chi connectivity index (χ1v) is 7.78. The molecule has 0 saturated heterocycles. The van der Waals surface area contributed by atoms with Crippen LogP contribution in [0, 0.1) is 0 Å². The Balaban J connectivity index is 1.85. The zero-order valence-electron chi connectivity index (χ0n) is 11.1. The van der Waals surface area contributed by atoms with Gasteiger partial charge in [-0.1, -0.05) is 23.7 Å². The Hall–Kier alpha value is -1.78. The molecule has 5 heteroatoms. The third-order valence-corrected chi connectivity index (χ3v) is 4.12. The highest BCUT2D eigenvalue weighted by Gasteiger charge is 2.06. The van der Waals surface area contributed by atoms with Gasteiger partial charge in [0.05, 0.1) is 11.3 Å². The second-order valence-corrected chi connectivity index (χ2v) is 5.85. The van der Waals surface area contributed by atoms with Crippen LogP contribution in [0.2, 0.25) is 5.02 Å². The third-order valence-electron chi connectivity index (χ3n) is 2.87. The van der Waals surface area contributed by atoms with Crippen LogP contribution in [0.1, 0.15) is 26.3 Å². The van der Waals surface area contributed by atoms with Crippen LogP contribution in [-0.2, 0) is 5.75 Å². The van der Waals surface area contributed by atoms with E-state index in [-0.39, 0.29) is 11.3 Å². The molecule has 0 radical (unpaired) electrons. The maximum absolute atomic E-state index is 11.9. The zero-order chi connectivity index (χ0) is 15.2. The van der Waals surface area contributed by atoms with Gasteiger partial charge in [-0.3, -0.25) is 4.79 Å². The number of carboxylic acid groups (broad SMARTS) is 1. The first-order valence-electron chi connectivity index (χ1n) is 6.25. The number of Topliss-reactive ketones (excluding diaryl/α,β-unsaturated/α-hetero) is 1. The Kier molecular flexibility index (Phi) is 5.42. The lowest BCUT2D eigenvalue weighted by Gasteiger charge is -2.03. The molecule has 0 bridgehead atoms. The smallest absolute Gasteiger partial charge is 0.335 e. The van der Waals surface area contributed by atoms with Crippen molar-refractivity contribution in [1.29, 1.82) is 0 Å². The minimum Gasteiger partial charge on any atom is -0.478 e. The molecule has 0 heterocycles. The van der Waals surface area contributed by atoms with Crippen molar-refractivity contribution in [2.45, 2.75) is 5.75 Å².